The van der Waals surface area contributed by atoms with Gasteiger partial charge in [-0.05, 0) is 29.0 Å². The van der Waals surface area contributed by atoms with Crippen molar-refractivity contribution >= 4 is 23.1 Å². The van der Waals surface area contributed by atoms with Gasteiger partial charge in [-0.2, -0.15) is 6.07 Å². The molecule has 3 nitrogen and oxygen atoms in total. The van der Waals surface area contributed by atoms with Crippen molar-refractivity contribution in [1.82, 2.24) is 9.56 Å². The maximum Gasteiger partial charge on any atom is 0.494 e. The Balaban J connectivity index is 0.000000209. The first-order valence-corrected chi connectivity index (χ1v) is 13.9. The summed E-state index contributed by atoms with van der Waals surface area (Å²) >= 11 is 0. The molecule has 4 heteroatoms. The van der Waals surface area contributed by atoms with Crippen LogP contribution >= 0.6 is 0 Å². The predicted octanol–water partition coefficient (Wildman–Crippen LogP) is 8.32. The van der Waals surface area contributed by atoms with Crippen molar-refractivity contribution in [2.75, 3.05) is 7.05 Å². The van der Waals surface area contributed by atoms with Gasteiger partial charge in [0.15, 0.2) is 7.05 Å². The molecule has 40 heavy (non-hydrogen) atoms. The first-order valence-electron chi connectivity index (χ1n) is 13.9. The fourth-order valence-electron chi connectivity index (χ4n) is 6.61. The molecule has 0 fully saturated rings. The molecule has 3 aliphatic rings. The van der Waals surface area contributed by atoms with Gasteiger partial charge in [0.05, 0.1) is 0 Å². The van der Waals surface area contributed by atoms with Gasteiger partial charge in [-0.25, -0.2) is 0 Å². The molecule has 1 radical (unpaired) electrons. The van der Waals surface area contributed by atoms with Crippen molar-refractivity contribution in [3.05, 3.63) is 107 Å². The van der Waals surface area contributed by atoms with E-state index in [-0.39, 0.29) is 36.4 Å². The minimum Gasteiger partial charge on any atom is -0.305 e. The Bertz CT molecular complexity index is 1620. The van der Waals surface area contributed by atoms with Crippen LogP contribution in [0.4, 0.5) is 17.1 Å². The van der Waals surface area contributed by atoms with Crippen LogP contribution in [-0.2, 0) is 36.4 Å². The van der Waals surface area contributed by atoms with Crippen LogP contribution in [0.15, 0.2) is 72.9 Å². The monoisotopic (exact) mass is 704 g/mol. The third-order valence-electron chi connectivity index (χ3n) is 8.91. The third kappa shape index (κ3) is 4.44. The van der Waals surface area contributed by atoms with E-state index < -0.39 is 0 Å². The van der Waals surface area contributed by atoms with Crippen molar-refractivity contribution in [3.63, 3.8) is 0 Å². The molecule has 0 unspecified atom stereocenters. The Morgan fingerprint density at radius 3 is 2.25 bits per heavy atom. The Morgan fingerprint density at radius 1 is 0.800 bits per heavy atom. The first-order chi connectivity index (χ1) is 18.5. The van der Waals surface area contributed by atoms with Gasteiger partial charge < -0.3 is 4.98 Å². The number of pyridine rings is 1. The second kappa shape index (κ2) is 10.0. The van der Waals surface area contributed by atoms with Gasteiger partial charge in [-0.1, -0.05) is 92.4 Å². The summed E-state index contributed by atoms with van der Waals surface area (Å²) in [5.74, 6) is 0. The van der Waals surface area contributed by atoms with Gasteiger partial charge in [0.1, 0.15) is 5.69 Å². The molecule has 1 aromatic heterocycles. The standard InChI is InChI=1S/C25H29N2.C11H8N.Ir/c1-23(2)13-14-24(3,4)20-16(23)11-12-18-21(20)25(5,6)17-9-8-10-19-22(17)27(18)15-26(19)7;1-2-6-10(7-3-1)11-8-4-5-9-12-11;/h8-11H,13-14H2,1-7H3;1-6,8-9H;/q+1;-1;. The van der Waals surface area contributed by atoms with Crippen LogP contribution in [0.2, 0.25) is 0 Å². The number of benzene rings is 3. The summed E-state index contributed by atoms with van der Waals surface area (Å²) in [7, 11) is 2.09. The molecular formula is C36H37IrN3. The van der Waals surface area contributed by atoms with Gasteiger partial charge in [0.25, 0.3) is 11.4 Å². The van der Waals surface area contributed by atoms with Gasteiger partial charge >= 0.3 is 6.01 Å². The summed E-state index contributed by atoms with van der Waals surface area (Å²) in [6, 6.07) is 33.0. The smallest absolute Gasteiger partial charge is 0.305 e. The average Bonchev–Trinajstić information content (AvgIpc) is 3.28. The molecule has 7 rings (SSSR count). The maximum absolute atomic E-state index is 4.22. The van der Waals surface area contributed by atoms with Crippen LogP contribution in [0.1, 0.15) is 76.6 Å². The normalized spacial score (nSPS) is 18.0. The summed E-state index contributed by atoms with van der Waals surface area (Å²) in [4.78, 5) is 4.22. The Morgan fingerprint density at radius 2 is 1.55 bits per heavy atom. The number of para-hydroxylation sites is 1. The number of hydrogen-bond acceptors (Lipinski definition) is 1. The fraction of sp³-hybridized carbons (Fsp3) is 0.333. The summed E-state index contributed by atoms with van der Waals surface area (Å²) in [5, 5.41) is 0. The number of fused-ring (bicyclic) bond motifs is 4. The van der Waals surface area contributed by atoms with Crippen molar-refractivity contribution < 1.29 is 24.7 Å². The first kappa shape index (κ1) is 28.4. The molecule has 0 saturated carbocycles. The average molecular weight is 704 g/mol. The molecule has 205 valence electrons. The van der Waals surface area contributed by atoms with E-state index in [1.54, 1.807) is 11.8 Å². The molecule has 3 heterocycles. The van der Waals surface area contributed by atoms with E-state index in [1.807, 2.05) is 42.5 Å². The number of rotatable bonds is 1. The SMILES string of the molecule is C[N+]1=C=[N+]2c3[c-]cc4c(c3C(C)(C)c3cccc1c32)C(C)(C)CCC4(C)C.[Ir].[c-]1ccccc1-c1ccccn1. The van der Waals surface area contributed by atoms with Gasteiger partial charge in [0.2, 0.25) is 0 Å². The number of nitrogens with zero attached hydrogens (tertiary/aromatic N) is 3. The Kier molecular flexibility index (Phi) is 7.12. The minimum absolute atomic E-state index is 0. The topological polar surface area (TPSA) is 18.9 Å². The zero-order valence-corrected chi connectivity index (χ0v) is 26.9. The molecule has 0 bridgehead atoms. The molecular weight excluding hydrogens is 667 g/mol. The molecule has 1 aliphatic carbocycles. The number of hydrogen-bond donors (Lipinski definition) is 0. The van der Waals surface area contributed by atoms with Crippen LogP contribution in [0.25, 0.3) is 11.3 Å². The van der Waals surface area contributed by atoms with Crippen LogP contribution in [0.3, 0.4) is 0 Å². The quantitative estimate of drug-likeness (QED) is 0.144. The molecule has 0 amide bonds. The molecule has 0 atom stereocenters. The Labute approximate surface area is 252 Å². The van der Waals surface area contributed by atoms with E-state index in [0.717, 1.165) is 11.3 Å². The van der Waals surface area contributed by atoms with Crippen molar-refractivity contribution in [2.24, 2.45) is 0 Å². The molecule has 0 N–H and O–H groups in total. The summed E-state index contributed by atoms with van der Waals surface area (Å²) in [6.45, 7) is 14.4. The molecule has 0 saturated heterocycles. The van der Waals surface area contributed by atoms with E-state index in [9.17, 15) is 0 Å². The largest absolute Gasteiger partial charge is 0.494 e. The van der Waals surface area contributed by atoms with Crippen molar-refractivity contribution in [3.8, 4) is 11.3 Å². The van der Waals surface area contributed by atoms with Crippen molar-refractivity contribution in [2.45, 2.75) is 70.6 Å². The van der Waals surface area contributed by atoms with E-state index in [2.05, 4.69) is 105 Å². The Hall–Kier alpha value is -3.16. The summed E-state index contributed by atoms with van der Waals surface area (Å²) in [5.41, 5.74) is 11.9. The summed E-state index contributed by atoms with van der Waals surface area (Å²) in [6.07, 6.45) is 4.24. The minimum atomic E-state index is -0.0590. The molecule has 2 aliphatic heterocycles. The van der Waals surface area contributed by atoms with Crippen LogP contribution in [0, 0.1) is 12.1 Å². The van der Waals surface area contributed by atoms with Gasteiger partial charge in [0, 0.05) is 37.9 Å². The van der Waals surface area contributed by atoms with Crippen molar-refractivity contribution in [1.29, 1.82) is 0 Å². The summed E-state index contributed by atoms with van der Waals surface area (Å²) < 4.78 is 4.37. The maximum atomic E-state index is 4.22. The van der Waals surface area contributed by atoms with Crippen LogP contribution in [-0.4, -0.2) is 22.6 Å². The van der Waals surface area contributed by atoms with E-state index in [1.165, 1.54) is 46.6 Å². The van der Waals surface area contributed by atoms with E-state index >= 15 is 0 Å². The second-order valence-corrected chi connectivity index (χ2v) is 12.9. The zero-order valence-electron chi connectivity index (χ0n) is 24.5. The van der Waals surface area contributed by atoms with E-state index in [4.69, 9.17) is 0 Å². The van der Waals surface area contributed by atoms with Crippen LogP contribution in [0.5, 0.6) is 0 Å². The van der Waals surface area contributed by atoms with Gasteiger partial charge in [-0.15, -0.1) is 53.1 Å². The predicted molar refractivity (Wildman–Crippen MR) is 160 cm³/mol. The third-order valence-corrected chi connectivity index (χ3v) is 8.91. The van der Waals surface area contributed by atoms with E-state index in [0.29, 0.717) is 0 Å². The fourth-order valence-corrected chi connectivity index (χ4v) is 6.61. The van der Waals surface area contributed by atoms with Crippen LogP contribution < -0.4 is 4.58 Å². The molecule has 4 aromatic rings. The second-order valence-electron chi connectivity index (χ2n) is 12.9. The molecule has 0 spiro atoms. The zero-order chi connectivity index (χ0) is 27.6. The van der Waals surface area contributed by atoms with Gasteiger partial charge in [-0.3, -0.25) is 0 Å². The number of aromatic nitrogens is 1. The molecule has 3 aromatic carbocycles.